The molecule has 25 heavy (non-hydrogen) atoms. The Bertz CT molecular complexity index is 853. The standard InChI is InChI=1S/C22H26N2O/c1-15-10-11-20-19(12-15)18-8-5-9-21(22(18)24-20)23-14-17(25)13-16-6-3-2-4-7-16/h2-4,6-7,10-12,17,21,23-25H,5,8-9,13-14H2,1H3/t17-,21-/m0/s1. The summed E-state index contributed by atoms with van der Waals surface area (Å²) in [4.78, 5) is 3.62. The molecule has 3 aromatic rings. The summed E-state index contributed by atoms with van der Waals surface area (Å²) in [6.07, 6.45) is 3.79. The van der Waals surface area contributed by atoms with E-state index < -0.39 is 0 Å². The van der Waals surface area contributed by atoms with Gasteiger partial charge in [-0.3, -0.25) is 0 Å². The first kappa shape index (κ1) is 16.4. The average Bonchev–Trinajstić information content (AvgIpc) is 2.99. The van der Waals surface area contributed by atoms with Gasteiger partial charge in [-0.05, 0) is 55.9 Å². The van der Waals surface area contributed by atoms with Crippen molar-refractivity contribution in [1.29, 1.82) is 0 Å². The molecule has 0 amide bonds. The molecule has 1 aromatic heterocycles. The summed E-state index contributed by atoms with van der Waals surface area (Å²) in [7, 11) is 0. The van der Waals surface area contributed by atoms with Gasteiger partial charge in [0, 0.05) is 29.2 Å². The molecule has 0 unspecified atom stereocenters. The van der Waals surface area contributed by atoms with E-state index in [1.807, 2.05) is 18.2 Å². The number of benzene rings is 2. The summed E-state index contributed by atoms with van der Waals surface area (Å²) in [5.74, 6) is 0. The fraction of sp³-hybridized carbons (Fsp3) is 0.364. The maximum Gasteiger partial charge on any atom is 0.0705 e. The van der Waals surface area contributed by atoms with E-state index in [1.54, 1.807) is 0 Å². The van der Waals surface area contributed by atoms with E-state index in [9.17, 15) is 5.11 Å². The molecule has 0 saturated carbocycles. The van der Waals surface area contributed by atoms with Crippen LogP contribution in [-0.4, -0.2) is 22.7 Å². The highest BCUT2D eigenvalue weighted by molar-refractivity contribution is 5.85. The normalized spacial score (nSPS) is 18.2. The molecular weight excluding hydrogens is 308 g/mol. The van der Waals surface area contributed by atoms with Crippen molar-refractivity contribution in [2.24, 2.45) is 0 Å². The minimum atomic E-state index is -0.362. The molecular formula is C22H26N2O. The third-order valence-corrected chi connectivity index (χ3v) is 5.28. The molecule has 0 spiro atoms. The van der Waals surface area contributed by atoms with Gasteiger partial charge in [0.25, 0.3) is 0 Å². The Morgan fingerprint density at radius 2 is 2.04 bits per heavy atom. The Balaban J connectivity index is 1.47. The molecule has 130 valence electrons. The smallest absolute Gasteiger partial charge is 0.0705 e. The molecule has 4 rings (SSSR count). The van der Waals surface area contributed by atoms with Crippen LogP contribution in [-0.2, 0) is 12.8 Å². The molecule has 0 bridgehead atoms. The second kappa shape index (κ2) is 7.03. The van der Waals surface area contributed by atoms with Crippen LogP contribution in [0, 0.1) is 6.92 Å². The van der Waals surface area contributed by atoms with Crippen molar-refractivity contribution in [2.75, 3.05) is 6.54 Å². The summed E-state index contributed by atoms with van der Waals surface area (Å²) in [5.41, 5.74) is 6.50. The Morgan fingerprint density at radius 1 is 1.20 bits per heavy atom. The van der Waals surface area contributed by atoms with Crippen LogP contribution in [0.15, 0.2) is 48.5 Å². The van der Waals surface area contributed by atoms with Crippen molar-refractivity contribution >= 4 is 10.9 Å². The zero-order valence-corrected chi connectivity index (χ0v) is 14.8. The molecule has 0 radical (unpaired) electrons. The van der Waals surface area contributed by atoms with E-state index in [1.165, 1.54) is 39.7 Å². The van der Waals surface area contributed by atoms with Gasteiger partial charge in [0.15, 0.2) is 0 Å². The number of rotatable bonds is 5. The van der Waals surface area contributed by atoms with Crippen molar-refractivity contribution in [2.45, 2.75) is 44.8 Å². The maximum atomic E-state index is 10.4. The zero-order chi connectivity index (χ0) is 17.2. The van der Waals surface area contributed by atoms with E-state index in [4.69, 9.17) is 0 Å². The number of nitrogens with one attached hydrogen (secondary N) is 2. The summed E-state index contributed by atoms with van der Waals surface area (Å²) in [5, 5.41) is 15.3. The highest BCUT2D eigenvalue weighted by atomic mass is 16.3. The summed E-state index contributed by atoms with van der Waals surface area (Å²) in [6, 6.07) is 17.1. The van der Waals surface area contributed by atoms with E-state index in [2.05, 4.69) is 47.6 Å². The Hall–Kier alpha value is -2.10. The minimum absolute atomic E-state index is 0.307. The van der Waals surface area contributed by atoms with Gasteiger partial charge in [-0.25, -0.2) is 0 Å². The van der Waals surface area contributed by atoms with Crippen LogP contribution < -0.4 is 5.32 Å². The molecule has 2 atom stereocenters. The van der Waals surface area contributed by atoms with E-state index in [0.29, 0.717) is 19.0 Å². The fourth-order valence-electron chi connectivity index (χ4n) is 4.02. The van der Waals surface area contributed by atoms with Crippen LogP contribution in [0.25, 0.3) is 10.9 Å². The lowest BCUT2D eigenvalue weighted by atomic mass is 9.91. The van der Waals surface area contributed by atoms with Gasteiger partial charge >= 0.3 is 0 Å². The molecule has 0 saturated heterocycles. The monoisotopic (exact) mass is 334 g/mol. The van der Waals surface area contributed by atoms with Crippen LogP contribution >= 0.6 is 0 Å². The number of fused-ring (bicyclic) bond motifs is 3. The van der Waals surface area contributed by atoms with Crippen molar-refractivity contribution in [1.82, 2.24) is 10.3 Å². The van der Waals surface area contributed by atoms with Crippen molar-refractivity contribution < 1.29 is 5.11 Å². The van der Waals surface area contributed by atoms with Gasteiger partial charge < -0.3 is 15.4 Å². The molecule has 1 aliphatic carbocycles. The lowest BCUT2D eigenvalue weighted by Crippen LogP contribution is -2.33. The summed E-state index contributed by atoms with van der Waals surface area (Å²) in [6.45, 7) is 2.77. The third-order valence-electron chi connectivity index (χ3n) is 5.28. The van der Waals surface area contributed by atoms with Gasteiger partial charge in [-0.2, -0.15) is 0 Å². The number of aliphatic hydroxyl groups excluding tert-OH is 1. The largest absolute Gasteiger partial charge is 0.391 e. The fourth-order valence-corrected chi connectivity index (χ4v) is 4.02. The van der Waals surface area contributed by atoms with Gasteiger partial charge in [0.05, 0.1) is 6.10 Å². The maximum absolute atomic E-state index is 10.4. The third kappa shape index (κ3) is 3.48. The van der Waals surface area contributed by atoms with Crippen LogP contribution in [0.4, 0.5) is 0 Å². The first-order chi connectivity index (χ1) is 12.2. The lowest BCUT2D eigenvalue weighted by Gasteiger charge is -2.25. The predicted molar refractivity (Wildman–Crippen MR) is 103 cm³/mol. The van der Waals surface area contributed by atoms with Crippen molar-refractivity contribution in [3.8, 4) is 0 Å². The van der Waals surface area contributed by atoms with Crippen LogP contribution in [0.1, 0.15) is 41.3 Å². The molecule has 0 aliphatic heterocycles. The zero-order valence-electron chi connectivity index (χ0n) is 14.8. The van der Waals surface area contributed by atoms with Gasteiger partial charge in [0.2, 0.25) is 0 Å². The minimum Gasteiger partial charge on any atom is -0.391 e. The first-order valence-electron chi connectivity index (χ1n) is 9.27. The molecule has 3 heteroatoms. The molecule has 1 heterocycles. The second-order valence-corrected chi connectivity index (χ2v) is 7.26. The Morgan fingerprint density at radius 3 is 2.88 bits per heavy atom. The number of aliphatic hydroxyl groups is 1. The number of aryl methyl sites for hydroxylation is 2. The SMILES string of the molecule is Cc1ccc2[nH]c3c(c2c1)CCC[C@@H]3NC[C@@H](O)Cc1ccccc1. The Labute approximate surface area is 149 Å². The average molecular weight is 334 g/mol. The first-order valence-corrected chi connectivity index (χ1v) is 9.27. The van der Waals surface area contributed by atoms with E-state index >= 15 is 0 Å². The Kier molecular flexibility index (Phi) is 4.60. The highest BCUT2D eigenvalue weighted by Gasteiger charge is 2.24. The van der Waals surface area contributed by atoms with Gasteiger partial charge in [0.1, 0.15) is 0 Å². The number of hydrogen-bond donors (Lipinski definition) is 3. The van der Waals surface area contributed by atoms with E-state index in [-0.39, 0.29) is 6.10 Å². The predicted octanol–water partition coefficient (Wildman–Crippen LogP) is 4.05. The second-order valence-electron chi connectivity index (χ2n) is 7.26. The van der Waals surface area contributed by atoms with Crippen molar-refractivity contribution in [3.05, 3.63) is 70.9 Å². The molecule has 3 nitrogen and oxygen atoms in total. The summed E-state index contributed by atoms with van der Waals surface area (Å²) < 4.78 is 0. The number of aromatic amines is 1. The number of hydrogen-bond acceptors (Lipinski definition) is 2. The van der Waals surface area contributed by atoms with Crippen molar-refractivity contribution in [3.63, 3.8) is 0 Å². The van der Waals surface area contributed by atoms with Crippen LogP contribution in [0.5, 0.6) is 0 Å². The number of aromatic nitrogens is 1. The summed E-state index contributed by atoms with van der Waals surface area (Å²) >= 11 is 0. The molecule has 0 fully saturated rings. The lowest BCUT2D eigenvalue weighted by molar-refractivity contribution is 0.165. The highest BCUT2D eigenvalue weighted by Crippen LogP contribution is 2.35. The van der Waals surface area contributed by atoms with Gasteiger partial charge in [-0.15, -0.1) is 0 Å². The molecule has 3 N–H and O–H groups in total. The molecule has 1 aliphatic rings. The van der Waals surface area contributed by atoms with Gasteiger partial charge in [-0.1, -0.05) is 42.0 Å². The van der Waals surface area contributed by atoms with Crippen LogP contribution in [0.3, 0.4) is 0 Å². The van der Waals surface area contributed by atoms with E-state index in [0.717, 1.165) is 12.8 Å². The van der Waals surface area contributed by atoms with Crippen LogP contribution in [0.2, 0.25) is 0 Å². The topological polar surface area (TPSA) is 48.0 Å². The molecule has 2 aromatic carbocycles. The quantitative estimate of drug-likeness (QED) is 0.659. The number of H-pyrrole nitrogens is 1.